The van der Waals surface area contributed by atoms with Crippen molar-refractivity contribution >= 4 is 29.2 Å². The van der Waals surface area contributed by atoms with Crippen molar-refractivity contribution in [2.75, 3.05) is 17.0 Å². The first-order chi connectivity index (χ1) is 9.24. The van der Waals surface area contributed by atoms with Gasteiger partial charge in [0.05, 0.1) is 5.56 Å². The normalized spacial score (nSPS) is 10.0. The number of hydrogen-bond acceptors (Lipinski definition) is 5. The zero-order valence-electron chi connectivity index (χ0n) is 10.4. The number of nitrogens with one attached hydrogen (secondary N) is 2. The molecule has 0 radical (unpaired) electrons. The van der Waals surface area contributed by atoms with Crippen LogP contribution >= 0.6 is 11.8 Å². The smallest absolute Gasteiger partial charge is 0.259 e. The minimum Gasteiger partial charge on any atom is -0.322 e. The maximum atomic E-state index is 12.1. The number of pyridine rings is 1. The van der Waals surface area contributed by atoms with Crippen LogP contribution in [0.25, 0.3) is 0 Å². The molecule has 1 aromatic heterocycles. The van der Waals surface area contributed by atoms with Gasteiger partial charge < -0.3 is 10.7 Å². The fraction of sp³-hybridized carbons (Fsp3) is 0.0769. The summed E-state index contributed by atoms with van der Waals surface area (Å²) in [6.07, 6.45) is 3.55. The second kappa shape index (κ2) is 6.21. The van der Waals surface area contributed by atoms with E-state index in [1.165, 1.54) is 0 Å². The largest absolute Gasteiger partial charge is 0.322 e. The van der Waals surface area contributed by atoms with Crippen molar-refractivity contribution in [2.24, 2.45) is 5.84 Å². The van der Waals surface area contributed by atoms with Crippen LogP contribution in [0.15, 0.2) is 47.5 Å². The van der Waals surface area contributed by atoms with Crippen molar-refractivity contribution in [3.05, 3.63) is 48.2 Å². The minimum absolute atomic E-state index is 0.251. The van der Waals surface area contributed by atoms with Crippen LogP contribution in [0.4, 0.5) is 11.5 Å². The number of benzene rings is 1. The molecule has 0 aliphatic carbocycles. The number of aromatic nitrogens is 1. The molecule has 0 saturated carbocycles. The van der Waals surface area contributed by atoms with Crippen molar-refractivity contribution in [3.63, 3.8) is 0 Å². The lowest BCUT2D eigenvalue weighted by Crippen LogP contribution is -2.18. The topological polar surface area (TPSA) is 80.0 Å². The lowest BCUT2D eigenvalue weighted by Gasteiger charge is -2.09. The van der Waals surface area contributed by atoms with E-state index < -0.39 is 0 Å². The standard InChI is InChI=1S/C13H14N4OS/c1-19-10-5-2-4-9(8-10)16-13(18)11-6-3-7-15-12(11)17-14/h2-8H,14H2,1H3,(H,15,17)(H,16,18). The Hall–Kier alpha value is -2.05. The van der Waals surface area contributed by atoms with Crippen molar-refractivity contribution in [2.45, 2.75) is 4.90 Å². The van der Waals surface area contributed by atoms with Gasteiger partial charge in [-0.2, -0.15) is 0 Å². The van der Waals surface area contributed by atoms with Gasteiger partial charge in [0.15, 0.2) is 5.82 Å². The monoisotopic (exact) mass is 274 g/mol. The quantitative estimate of drug-likeness (QED) is 0.453. The number of thioether (sulfide) groups is 1. The maximum Gasteiger partial charge on any atom is 0.259 e. The second-order valence-corrected chi connectivity index (χ2v) is 4.61. The molecule has 0 atom stereocenters. The van der Waals surface area contributed by atoms with Crippen molar-refractivity contribution in [1.29, 1.82) is 0 Å². The fourth-order valence-electron chi connectivity index (χ4n) is 1.60. The first kappa shape index (κ1) is 13.4. The van der Waals surface area contributed by atoms with Crippen molar-refractivity contribution in [1.82, 2.24) is 4.98 Å². The fourth-order valence-corrected chi connectivity index (χ4v) is 2.06. The van der Waals surface area contributed by atoms with Crippen LogP contribution in [0, 0.1) is 0 Å². The summed E-state index contributed by atoms with van der Waals surface area (Å²) in [5, 5.41) is 2.82. The van der Waals surface area contributed by atoms with E-state index in [0.717, 1.165) is 10.6 Å². The van der Waals surface area contributed by atoms with E-state index in [1.54, 1.807) is 30.1 Å². The SMILES string of the molecule is CSc1cccc(NC(=O)c2cccnc2NN)c1. The molecule has 0 spiro atoms. The zero-order valence-corrected chi connectivity index (χ0v) is 11.2. The molecule has 6 heteroatoms. The third-order valence-electron chi connectivity index (χ3n) is 2.52. The Labute approximate surface area is 115 Å². The summed E-state index contributed by atoms with van der Waals surface area (Å²) >= 11 is 1.62. The van der Waals surface area contributed by atoms with E-state index in [4.69, 9.17) is 5.84 Å². The van der Waals surface area contributed by atoms with Crippen LogP contribution in [0.1, 0.15) is 10.4 Å². The van der Waals surface area contributed by atoms with Crippen LogP contribution in [0.2, 0.25) is 0 Å². The Bertz CT molecular complexity index is 588. The Morgan fingerprint density at radius 1 is 1.32 bits per heavy atom. The van der Waals surface area contributed by atoms with E-state index >= 15 is 0 Å². The molecule has 1 amide bonds. The molecule has 2 aromatic rings. The van der Waals surface area contributed by atoms with Crippen LogP contribution in [-0.4, -0.2) is 17.1 Å². The lowest BCUT2D eigenvalue weighted by molar-refractivity contribution is 0.102. The van der Waals surface area contributed by atoms with Crippen molar-refractivity contribution < 1.29 is 4.79 Å². The third-order valence-corrected chi connectivity index (χ3v) is 3.24. The number of nitrogens with two attached hydrogens (primary N) is 1. The Morgan fingerprint density at radius 3 is 2.89 bits per heavy atom. The highest BCUT2D eigenvalue weighted by molar-refractivity contribution is 7.98. The van der Waals surface area contributed by atoms with Crippen LogP contribution in [-0.2, 0) is 0 Å². The number of anilines is 2. The summed E-state index contributed by atoms with van der Waals surface area (Å²) in [5.74, 6) is 5.43. The number of amides is 1. The maximum absolute atomic E-state index is 12.1. The molecule has 19 heavy (non-hydrogen) atoms. The molecule has 0 fully saturated rings. The van der Waals surface area contributed by atoms with Crippen molar-refractivity contribution in [3.8, 4) is 0 Å². The number of rotatable bonds is 4. The van der Waals surface area contributed by atoms with Crippen LogP contribution in [0.3, 0.4) is 0 Å². The van der Waals surface area contributed by atoms with Gasteiger partial charge in [-0.1, -0.05) is 6.07 Å². The molecule has 1 heterocycles. The predicted octanol–water partition coefficient (Wildman–Crippen LogP) is 2.34. The minimum atomic E-state index is -0.251. The van der Waals surface area contributed by atoms with E-state index in [-0.39, 0.29) is 5.91 Å². The molecule has 4 N–H and O–H groups in total. The first-order valence-electron chi connectivity index (χ1n) is 5.61. The molecule has 0 aliphatic rings. The number of hydrogen-bond donors (Lipinski definition) is 3. The lowest BCUT2D eigenvalue weighted by atomic mass is 10.2. The average Bonchev–Trinajstić information content (AvgIpc) is 2.47. The zero-order chi connectivity index (χ0) is 13.7. The summed E-state index contributed by atoms with van der Waals surface area (Å²) in [7, 11) is 0. The van der Waals surface area contributed by atoms with E-state index in [0.29, 0.717) is 11.4 Å². The van der Waals surface area contributed by atoms with Gasteiger partial charge in [-0.15, -0.1) is 11.8 Å². The second-order valence-electron chi connectivity index (χ2n) is 3.73. The molecular formula is C13H14N4OS. The van der Waals surface area contributed by atoms with E-state index in [9.17, 15) is 4.79 Å². The Balaban J connectivity index is 2.20. The van der Waals surface area contributed by atoms with Gasteiger partial charge in [-0.3, -0.25) is 4.79 Å². The summed E-state index contributed by atoms with van der Waals surface area (Å²) in [6, 6.07) is 11.0. The Morgan fingerprint density at radius 2 is 2.16 bits per heavy atom. The molecule has 0 saturated heterocycles. The average molecular weight is 274 g/mol. The predicted molar refractivity (Wildman–Crippen MR) is 78.2 cm³/mol. The number of carbonyl (C=O) groups excluding carboxylic acids is 1. The van der Waals surface area contributed by atoms with Gasteiger partial charge >= 0.3 is 0 Å². The van der Waals surface area contributed by atoms with Gasteiger partial charge in [0.1, 0.15) is 0 Å². The van der Waals surface area contributed by atoms with Gasteiger partial charge in [0.25, 0.3) is 5.91 Å². The summed E-state index contributed by atoms with van der Waals surface area (Å²) in [6.45, 7) is 0. The number of hydrazine groups is 1. The van der Waals surface area contributed by atoms with Gasteiger partial charge in [0.2, 0.25) is 0 Å². The summed E-state index contributed by atoms with van der Waals surface area (Å²) in [5.41, 5.74) is 3.55. The third kappa shape index (κ3) is 3.24. The van der Waals surface area contributed by atoms with Crippen LogP contribution < -0.4 is 16.6 Å². The molecule has 2 rings (SSSR count). The first-order valence-corrected chi connectivity index (χ1v) is 6.84. The molecule has 0 aliphatic heterocycles. The number of carbonyl (C=O) groups is 1. The molecule has 0 bridgehead atoms. The molecule has 0 unspecified atom stereocenters. The Kier molecular flexibility index (Phi) is 4.38. The highest BCUT2D eigenvalue weighted by Crippen LogP contribution is 2.20. The molecule has 98 valence electrons. The van der Waals surface area contributed by atoms with E-state index in [1.807, 2.05) is 30.5 Å². The molecule has 5 nitrogen and oxygen atoms in total. The molecular weight excluding hydrogens is 260 g/mol. The highest BCUT2D eigenvalue weighted by atomic mass is 32.2. The van der Waals surface area contributed by atoms with Gasteiger partial charge in [0, 0.05) is 16.8 Å². The summed E-state index contributed by atoms with van der Waals surface area (Å²) < 4.78 is 0. The number of nitrogen functional groups attached to an aromatic ring is 1. The highest BCUT2D eigenvalue weighted by Gasteiger charge is 2.11. The number of nitrogens with zero attached hydrogens (tertiary/aromatic N) is 1. The van der Waals surface area contributed by atoms with Gasteiger partial charge in [-0.05, 0) is 36.6 Å². The van der Waals surface area contributed by atoms with Crippen LogP contribution in [0.5, 0.6) is 0 Å². The summed E-state index contributed by atoms with van der Waals surface area (Å²) in [4.78, 5) is 17.2. The van der Waals surface area contributed by atoms with Gasteiger partial charge in [-0.25, -0.2) is 10.8 Å². The van der Waals surface area contributed by atoms with E-state index in [2.05, 4.69) is 15.7 Å². The molecule has 1 aromatic carbocycles.